The first-order valence-corrected chi connectivity index (χ1v) is 12.2. The van der Waals surface area contributed by atoms with E-state index in [9.17, 15) is 18.0 Å². The monoisotopic (exact) mass is 507 g/mol. The number of ether oxygens (including phenoxy) is 2. The van der Waals surface area contributed by atoms with Gasteiger partial charge in [-0.3, -0.25) is 9.59 Å². The molecule has 1 heterocycles. The molecule has 0 spiro atoms. The van der Waals surface area contributed by atoms with Crippen LogP contribution in [0.25, 0.3) is 0 Å². The molecule has 2 N–H and O–H groups in total. The van der Waals surface area contributed by atoms with E-state index in [1.807, 2.05) is 0 Å². The maximum absolute atomic E-state index is 12.6. The summed E-state index contributed by atoms with van der Waals surface area (Å²) in [6, 6.07) is 10.3. The number of amides is 1. The van der Waals surface area contributed by atoms with Crippen LogP contribution in [0.15, 0.2) is 57.6 Å². The average molecular weight is 508 g/mol. The number of hydrogen-bond donors (Lipinski definition) is 2. The normalized spacial score (nSPS) is 17.1. The van der Waals surface area contributed by atoms with Gasteiger partial charge < -0.3 is 24.1 Å². The Hall–Kier alpha value is -3.58. The topological polar surface area (TPSA) is 153 Å². The van der Waals surface area contributed by atoms with Gasteiger partial charge >= 0.3 is 16.1 Å². The van der Waals surface area contributed by atoms with E-state index in [1.165, 1.54) is 49.7 Å². The molecule has 0 saturated carbocycles. The van der Waals surface area contributed by atoms with Crippen LogP contribution < -0.4 is 19.0 Å². The van der Waals surface area contributed by atoms with Crippen LogP contribution in [0.3, 0.4) is 0 Å². The number of hydrogen-bond acceptors (Lipinski definition) is 10. The second kappa shape index (κ2) is 11.0. The molecule has 1 saturated heterocycles. The highest BCUT2D eigenvalue weighted by Crippen LogP contribution is 2.31. The molecule has 1 aliphatic heterocycles. The Morgan fingerprint density at radius 3 is 2.59 bits per heavy atom. The molecule has 1 amide bonds. The first-order chi connectivity index (χ1) is 16.2. The van der Waals surface area contributed by atoms with Gasteiger partial charge in [-0.2, -0.15) is 13.5 Å². The van der Waals surface area contributed by atoms with Gasteiger partial charge in [-0.25, -0.2) is 0 Å². The number of carbonyl (C=O) groups excluding carboxylic acids is 1. The van der Waals surface area contributed by atoms with Crippen LogP contribution in [0, 0.1) is 0 Å². The van der Waals surface area contributed by atoms with Crippen molar-refractivity contribution in [2.45, 2.75) is 23.5 Å². The van der Waals surface area contributed by atoms with E-state index < -0.39 is 27.2 Å². The number of nitrogens with zero attached hydrogens (tertiary/aromatic N) is 2. The van der Waals surface area contributed by atoms with E-state index in [1.54, 1.807) is 13.0 Å². The summed E-state index contributed by atoms with van der Waals surface area (Å²) in [6.07, 6.45) is 1.05. The average Bonchev–Trinajstić information content (AvgIpc) is 3.13. The minimum absolute atomic E-state index is 0.00347. The van der Waals surface area contributed by atoms with Crippen molar-refractivity contribution >= 4 is 45.1 Å². The van der Waals surface area contributed by atoms with Crippen LogP contribution in [-0.4, -0.2) is 55.7 Å². The van der Waals surface area contributed by atoms with E-state index in [4.69, 9.17) is 18.8 Å². The molecule has 2 aromatic carbocycles. The Labute approximate surface area is 199 Å². The first-order valence-electron chi connectivity index (χ1n) is 9.87. The predicted octanol–water partition coefficient (Wildman–Crippen LogP) is 2.26. The van der Waals surface area contributed by atoms with Gasteiger partial charge in [0.05, 0.1) is 26.4 Å². The van der Waals surface area contributed by atoms with Gasteiger partial charge in [-0.15, -0.1) is 5.10 Å². The molecule has 13 heteroatoms. The Kier molecular flexibility index (Phi) is 8.12. The zero-order valence-electron chi connectivity index (χ0n) is 18.1. The lowest BCUT2D eigenvalue weighted by Crippen LogP contribution is -2.26. The Balaban J connectivity index is 1.75. The first kappa shape index (κ1) is 25.1. The third kappa shape index (κ3) is 6.48. The summed E-state index contributed by atoms with van der Waals surface area (Å²) in [7, 11) is -2.64. The molecule has 180 valence electrons. The smallest absolute Gasteiger partial charge is 0.339 e. The Bertz CT molecular complexity index is 1230. The van der Waals surface area contributed by atoms with Crippen LogP contribution in [0.4, 0.5) is 0 Å². The molecule has 3 rings (SSSR count). The second-order valence-corrected chi connectivity index (χ2v) is 9.43. The van der Waals surface area contributed by atoms with Crippen LogP contribution in [0.1, 0.15) is 18.9 Å². The van der Waals surface area contributed by atoms with Crippen molar-refractivity contribution in [2.75, 3.05) is 13.7 Å². The molecular formula is C21H21N3O8S2. The minimum atomic E-state index is -4.11. The molecule has 0 aromatic heterocycles. The van der Waals surface area contributed by atoms with Gasteiger partial charge in [-0.05, 0) is 55.0 Å². The zero-order chi connectivity index (χ0) is 24.7. The van der Waals surface area contributed by atoms with Gasteiger partial charge in [0.2, 0.25) is 5.91 Å². The lowest BCUT2D eigenvalue weighted by Gasteiger charge is -2.12. The number of carbonyl (C=O) groups is 2. The van der Waals surface area contributed by atoms with Gasteiger partial charge in [0.1, 0.15) is 15.9 Å². The Morgan fingerprint density at radius 2 is 1.94 bits per heavy atom. The van der Waals surface area contributed by atoms with Crippen molar-refractivity contribution in [3.63, 3.8) is 0 Å². The van der Waals surface area contributed by atoms with E-state index in [0.717, 1.165) is 11.8 Å². The number of thioether (sulfide) groups is 1. The SMILES string of the molecule is CCOc1cc(C=N/N=C2\NC(=O)C(CC(=O)O)S2)ccc1OS(=O)(=O)c1ccc(OC)cc1. The number of carboxylic acid groups (broad SMARTS) is 1. The molecule has 1 unspecified atom stereocenters. The molecule has 0 bridgehead atoms. The summed E-state index contributed by atoms with van der Waals surface area (Å²) >= 11 is 0.978. The van der Waals surface area contributed by atoms with E-state index in [2.05, 4.69) is 15.5 Å². The summed E-state index contributed by atoms with van der Waals surface area (Å²) in [4.78, 5) is 22.5. The lowest BCUT2D eigenvalue weighted by atomic mass is 10.2. The molecular weight excluding hydrogens is 486 g/mol. The van der Waals surface area contributed by atoms with Crippen LogP contribution in [0.2, 0.25) is 0 Å². The van der Waals surface area contributed by atoms with Crippen LogP contribution >= 0.6 is 11.8 Å². The third-order valence-electron chi connectivity index (χ3n) is 4.31. The fraction of sp³-hybridized carbons (Fsp3) is 0.238. The fourth-order valence-corrected chi connectivity index (χ4v) is 4.60. The maximum atomic E-state index is 12.6. The number of benzene rings is 2. The molecule has 0 radical (unpaired) electrons. The largest absolute Gasteiger partial charge is 0.497 e. The van der Waals surface area contributed by atoms with Crippen molar-refractivity contribution in [3.05, 3.63) is 48.0 Å². The number of methoxy groups -OCH3 is 1. The summed E-state index contributed by atoms with van der Waals surface area (Å²) in [5.41, 5.74) is 0.526. The molecule has 1 aliphatic rings. The quantitative estimate of drug-likeness (QED) is 0.280. The zero-order valence-corrected chi connectivity index (χ0v) is 19.8. The number of rotatable bonds is 10. The fourth-order valence-electron chi connectivity index (χ4n) is 2.74. The second-order valence-electron chi connectivity index (χ2n) is 6.70. The third-order valence-corrected chi connectivity index (χ3v) is 6.63. The number of carboxylic acids is 1. The minimum Gasteiger partial charge on any atom is -0.497 e. The molecule has 34 heavy (non-hydrogen) atoms. The summed E-state index contributed by atoms with van der Waals surface area (Å²) in [5, 5.41) is 18.5. The molecule has 1 fully saturated rings. The number of nitrogens with one attached hydrogen (secondary N) is 1. The Morgan fingerprint density at radius 1 is 1.21 bits per heavy atom. The van der Waals surface area contributed by atoms with Crippen LogP contribution in [0.5, 0.6) is 17.2 Å². The van der Waals surface area contributed by atoms with Crippen LogP contribution in [-0.2, 0) is 19.7 Å². The van der Waals surface area contributed by atoms with Crippen molar-refractivity contribution < 1.29 is 36.8 Å². The lowest BCUT2D eigenvalue weighted by molar-refractivity contribution is -0.138. The predicted molar refractivity (Wildman–Crippen MR) is 125 cm³/mol. The van der Waals surface area contributed by atoms with Gasteiger partial charge in [-0.1, -0.05) is 11.8 Å². The van der Waals surface area contributed by atoms with Crippen molar-refractivity contribution in [2.24, 2.45) is 10.2 Å². The summed E-state index contributed by atoms with van der Waals surface area (Å²) < 4.78 is 41.1. The number of amidine groups is 1. The highest BCUT2D eigenvalue weighted by Gasteiger charge is 2.32. The van der Waals surface area contributed by atoms with Crippen molar-refractivity contribution in [1.82, 2.24) is 5.32 Å². The standard InChI is InChI=1S/C21H21N3O8S2/c1-3-31-17-10-13(12-22-24-21-23-20(27)18(33-21)11-19(25)26)4-9-16(17)32-34(28,29)15-7-5-14(30-2)6-8-15/h4-10,12,18H,3,11H2,1-2H3,(H,25,26)(H,23,24,27). The molecule has 2 aromatic rings. The van der Waals surface area contributed by atoms with E-state index in [-0.39, 0.29) is 34.6 Å². The highest BCUT2D eigenvalue weighted by molar-refractivity contribution is 8.15. The van der Waals surface area contributed by atoms with Gasteiger partial charge in [0, 0.05) is 0 Å². The van der Waals surface area contributed by atoms with Gasteiger partial charge in [0.15, 0.2) is 16.7 Å². The summed E-state index contributed by atoms with van der Waals surface area (Å²) in [6.45, 7) is 2.00. The molecule has 11 nitrogen and oxygen atoms in total. The highest BCUT2D eigenvalue weighted by atomic mass is 32.2. The van der Waals surface area contributed by atoms with Crippen molar-refractivity contribution in [3.8, 4) is 17.2 Å². The molecule has 1 atom stereocenters. The molecule has 0 aliphatic carbocycles. The summed E-state index contributed by atoms with van der Waals surface area (Å²) in [5.74, 6) is -0.844. The maximum Gasteiger partial charge on any atom is 0.339 e. The number of aliphatic carboxylic acids is 1. The van der Waals surface area contributed by atoms with Gasteiger partial charge in [0.25, 0.3) is 0 Å². The van der Waals surface area contributed by atoms with Crippen molar-refractivity contribution in [1.29, 1.82) is 0 Å². The van der Waals surface area contributed by atoms with E-state index >= 15 is 0 Å². The van der Waals surface area contributed by atoms with E-state index in [0.29, 0.717) is 11.3 Å².